The van der Waals surface area contributed by atoms with E-state index >= 15 is 0 Å². The number of nitrogens with zero attached hydrogens (tertiary/aromatic N) is 2. The molecule has 7 heteroatoms. The quantitative estimate of drug-likeness (QED) is 0.637. The molecule has 1 aromatic carbocycles. The number of aromatic nitrogens is 2. The van der Waals surface area contributed by atoms with E-state index in [4.69, 9.17) is 9.47 Å². The van der Waals surface area contributed by atoms with Crippen LogP contribution in [0.15, 0.2) is 24.3 Å². The van der Waals surface area contributed by atoms with Crippen LogP contribution < -0.4 is 14.8 Å². The van der Waals surface area contributed by atoms with E-state index in [2.05, 4.69) is 10.4 Å². The van der Waals surface area contributed by atoms with Crippen molar-refractivity contribution in [3.63, 3.8) is 0 Å². The Morgan fingerprint density at radius 2 is 1.70 bits per heavy atom. The summed E-state index contributed by atoms with van der Waals surface area (Å²) in [5, 5.41) is 8.11. The Morgan fingerprint density at radius 3 is 2.37 bits per heavy atom. The molecule has 0 amide bonds. The number of alkyl halides is 2. The molecule has 1 saturated carbocycles. The molecule has 164 valence electrons. The zero-order valence-electron chi connectivity index (χ0n) is 17.7. The maximum atomic E-state index is 14.0. The molecule has 1 N–H and O–H groups in total. The normalized spacial score (nSPS) is 22.7. The van der Waals surface area contributed by atoms with Gasteiger partial charge in [0, 0.05) is 12.0 Å². The number of hydrogen-bond donors (Lipinski definition) is 1. The van der Waals surface area contributed by atoms with Gasteiger partial charge in [-0.1, -0.05) is 38.2 Å². The molecule has 4 rings (SSSR count). The van der Waals surface area contributed by atoms with Crippen LogP contribution in [-0.4, -0.2) is 30.4 Å². The molecule has 2 atom stereocenters. The van der Waals surface area contributed by atoms with Crippen LogP contribution in [-0.2, 0) is 0 Å². The van der Waals surface area contributed by atoms with Crippen molar-refractivity contribution in [2.24, 2.45) is 0 Å². The highest BCUT2D eigenvalue weighted by Gasteiger charge is 2.35. The van der Waals surface area contributed by atoms with Gasteiger partial charge in [-0.3, -0.25) is 0 Å². The summed E-state index contributed by atoms with van der Waals surface area (Å²) in [5.74, 6) is 2.27. The number of halogens is 2. The number of anilines is 1. The van der Waals surface area contributed by atoms with Crippen molar-refractivity contribution >= 4 is 5.82 Å². The summed E-state index contributed by atoms with van der Waals surface area (Å²) < 4.78 is 40.2. The lowest BCUT2D eigenvalue weighted by Gasteiger charge is -2.32. The molecular weight excluding hydrogens is 388 g/mol. The number of ether oxygens (including phenoxy) is 2. The number of benzene rings is 1. The Hall–Kier alpha value is -2.31. The summed E-state index contributed by atoms with van der Waals surface area (Å²) in [6, 6.07) is 6.40. The molecule has 30 heavy (non-hydrogen) atoms. The first-order chi connectivity index (χ1) is 14.6. The minimum absolute atomic E-state index is 0.238. The molecule has 2 heterocycles. The van der Waals surface area contributed by atoms with Crippen LogP contribution in [0, 0.1) is 0 Å². The van der Waals surface area contributed by atoms with Crippen molar-refractivity contribution in [3.8, 4) is 11.5 Å². The van der Waals surface area contributed by atoms with E-state index in [1.807, 2.05) is 24.3 Å². The van der Waals surface area contributed by atoms with Crippen LogP contribution in [0.4, 0.5) is 14.6 Å². The molecule has 2 aliphatic rings. The van der Waals surface area contributed by atoms with Crippen molar-refractivity contribution in [1.29, 1.82) is 0 Å². The first kappa shape index (κ1) is 20.9. The second-order valence-electron chi connectivity index (χ2n) is 8.39. The Labute approximate surface area is 176 Å². The molecule has 2 unspecified atom stereocenters. The van der Waals surface area contributed by atoms with Crippen molar-refractivity contribution < 1.29 is 18.3 Å². The highest BCUT2D eigenvalue weighted by Crippen LogP contribution is 2.42. The van der Waals surface area contributed by atoms with Crippen molar-refractivity contribution in [2.75, 3.05) is 19.5 Å². The summed E-state index contributed by atoms with van der Waals surface area (Å²) in [6.07, 6.45) is 6.16. The predicted octanol–water partition coefficient (Wildman–Crippen LogP) is 6.09. The van der Waals surface area contributed by atoms with E-state index in [0.29, 0.717) is 23.2 Å². The first-order valence-electron chi connectivity index (χ1n) is 11.0. The van der Waals surface area contributed by atoms with E-state index in [1.54, 1.807) is 14.2 Å². The third kappa shape index (κ3) is 4.25. The van der Waals surface area contributed by atoms with E-state index in [-0.39, 0.29) is 12.5 Å². The summed E-state index contributed by atoms with van der Waals surface area (Å²) >= 11 is 0. The molecule has 0 spiro atoms. The molecule has 1 fully saturated rings. The summed E-state index contributed by atoms with van der Waals surface area (Å²) in [7, 11) is 3.16. The predicted molar refractivity (Wildman–Crippen MR) is 113 cm³/mol. The number of rotatable bonds is 5. The van der Waals surface area contributed by atoms with E-state index in [1.165, 1.54) is 36.8 Å². The monoisotopic (exact) mass is 419 g/mol. The van der Waals surface area contributed by atoms with Crippen molar-refractivity contribution in [1.82, 2.24) is 9.78 Å². The molecule has 0 saturated heterocycles. The average Bonchev–Trinajstić information content (AvgIpc) is 3.15. The van der Waals surface area contributed by atoms with Gasteiger partial charge in [-0.05, 0) is 37.0 Å². The number of nitrogens with one attached hydrogen (secondary N) is 1. The molecule has 0 radical (unpaired) electrons. The maximum Gasteiger partial charge on any atom is 0.260 e. The molecular formula is C23H31F2N3O2. The fourth-order valence-corrected chi connectivity index (χ4v) is 4.80. The fraction of sp³-hybridized carbons (Fsp3) is 0.609. The van der Waals surface area contributed by atoms with Gasteiger partial charge in [-0.2, -0.15) is 5.10 Å². The van der Waals surface area contributed by atoms with Crippen LogP contribution in [0.5, 0.6) is 11.5 Å². The van der Waals surface area contributed by atoms with Gasteiger partial charge in [0.05, 0.1) is 26.0 Å². The molecule has 2 aromatic rings. The molecule has 1 aromatic heterocycles. The summed E-state index contributed by atoms with van der Waals surface area (Å²) in [5.41, 5.74) is 1.86. The minimum Gasteiger partial charge on any atom is -0.493 e. The largest absolute Gasteiger partial charge is 0.493 e. The number of fused-ring (bicyclic) bond motifs is 1. The third-order valence-electron chi connectivity index (χ3n) is 6.49. The van der Waals surface area contributed by atoms with E-state index in [0.717, 1.165) is 24.1 Å². The van der Waals surface area contributed by atoms with Crippen molar-refractivity contribution in [3.05, 3.63) is 35.5 Å². The summed E-state index contributed by atoms with van der Waals surface area (Å²) in [4.78, 5) is 0. The Bertz CT molecular complexity index is 847. The highest BCUT2D eigenvalue weighted by atomic mass is 19.3. The lowest BCUT2D eigenvalue weighted by Crippen LogP contribution is -2.30. The van der Waals surface area contributed by atoms with Gasteiger partial charge in [0.2, 0.25) is 0 Å². The molecule has 0 bridgehead atoms. The standard InChI is InChI=1S/C23H31F2N3O2/c1-29-20-11-10-16(12-21(20)30-2)17-13-19(23(24)25)28-22(26-17)14-18(27-28)15-8-6-4-3-5-7-9-15/h10-12,14-15,17,19,23,26H,3-9,13H2,1-2H3. The summed E-state index contributed by atoms with van der Waals surface area (Å²) in [6.45, 7) is 0. The second kappa shape index (κ2) is 9.23. The van der Waals surface area contributed by atoms with Crippen LogP contribution in [0.2, 0.25) is 0 Å². The third-order valence-corrected chi connectivity index (χ3v) is 6.49. The van der Waals surface area contributed by atoms with Gasteiger partial charge < -0.3 is 14.8 Å². The van der Waals surface area contributed by atoms with Gasteiger partial charge in [-0.15, -0.1) is 0 Å². The molecule has 1 aliphatic heterocycles. The molecule has 1 aliphatic carbocycles. The smallest absolute Gasteiger partial charge is 0.260 e. The van der Waals surface area contributed by atoms with E-state index in [9.17, 15) is 8.78 Å². The van der Waals surface area contributed by atoms with Gasteiger partial charge >= 0.3 is 0 Å². The van der Waals surface area contributed by atoms with Crippen LogP contribution in [0.25, 0.3) is 0 Å². The number of hydrogen-bond acceptors (Lipinski definition) is 4. The van der Waals surface area contributed by atoms with Gasteiger partial charge in [-0.25, -0.2) is 13.5 Å². The zero-order valence-corrected chi connectivity index (χ0v) is 17.7. The lowest BCUT2D eigenvalue weighted by molar-refractivity contribution is 0.0655. The van der Waals surface area contributed by atoms with Gasteiger partial charge in [0.15, 0.2) is 11.5 Å². The van der Waals surface area contributed by atoms with Gasteiger partial charge in [0.25, 0.3) is 6.43 Å². The SMILES string of the molecule is COc1ccc(C2CC(C(F)F)n3nc(C4CCCCCCC4)cc3N2)cc1OC. The fourth-order valence-electron chi connectivity index (χ4n) is 4.80. The Balaban J connectivity index is 1.62. The van der Waals surface area contributed by atoms with Crippen LogP contribution in [0.3, 0.4) is 0 Å². The van der Waals surface area contributed by atoms with Gasteiger partial charge in [0.1, 0.15) is 11.9 Å². The van der Waals surface area contributed by atoms with Crippen molar-refractivity contribution in [2.45, 2.75) is 75.8 Å². The number of methoxy groups -OCH3 is 2. The first-order valence-corrected chi connectivity index (χ1v) is 11.0. The Morgan fingerprint density at radius 1 is 1.00 bits per heavy atom. The topological polar surface area (TPSA) is 48.3 Å². The zero-order chi connectivity index (χ0) is 21.1. The van der Waals surface area contributed by atoms with E-state index < -0.39 is 12.5 Å². The second-order valence-corrected chi connectivity index (χ2v) is 8.39. The minimum atomic E-state index is -2.47. The molecule has 5 nitrogen and oxygen atoms in total. The van der Waals surface area contributed by atoms with Crippen LogP contribution in [0.1, 0.15) is 80.6 Å². The Kier molecular flexibility index (Phi) is 6.44. The van der Waals surface area contributed by atoms with Crippen LogP contribution >= 0.6 is 0 Å². The average molecular weight is 420 g/mol. The lowest BCUT2D eigenvalue weighted by atomic mass is 9.89. The maximum absolute atomic E-state index is 14.0. The highest BCUT2D eigenvalue weighted by molar-refractivity contribution is 5.48.